The van der Waals surface area contributed by atoms with Crippen molar-refractivity contribution in [3.8, 4) is 0 Å². The fourth-order valence-electron chi connectivity index (χ4n) is 4.32. The van der Waals surface area contributed by atoms with Gasteiger partial charge in [-0.25, -0.2) is 4.98 Å². The molecule has 0 bridgehead atoms. The molecule has 2 saturated heterocycles. The summed E-state index contributed by atoms with van der Waals surface area (Å²) in [7, 11) is 0. The lowest BCUT2D eigenvalue weighted by molar-refractivity contribution is -0.138. The molecule has 0 spiro atoms. The van der Waals surface area contributed by atoms with Crippen LogP contribution in [0, 0.1) is 0 Å². The smallest absolute Gasteiger partial charge is 0.353 e. The number of pyridine rings is 1. The van der Waals surface area contributed by atoms with E-state index in [-0.39, 0.29) is 10.9 Å². The number of nitrogens with zero attached hydrogens (tertiary/aromatic N) is 5. The number of aromatic nitrogens is 1. The fourth-order valence-corrected chi connectivity index (χ4v) is 4.60. The van der Waals surface area contributed by atoms with E-state index in [1.807, 2.05) is 9.80 Å². The third-order valence-corrected chi connectivity index (χ3v) is 6.72. The van der Waals surface area contributed by atoms with Crippen molar-refractivity contribution >= 4 is 23.3 Å². The maximum Gasteiger partial charge on any atom is 0.417 e. The molecule has 1 amide bonds. The molecule has 1 saturated carbocycles. The highest BCUT2D eigenvalue weighted by molar-refractivity contribution is 6.33. The number of amides is 1. The van der Waals surface area contributed by atoms with E-state index >= 15 is 0 Å². The highest BCUT2D eigenvalue weighted by atomic mass is 35.5. The molecule has 0 atom stereocenters. The summed E-state index contributed by atoms with van der Waals surface area (Å²) < 4.78 is 38.4. The first-order valence-electron chi connectivity index (χ1n) is 10.5. The molecule has 1 aromatic heterocycles. The monoisotopic (exact) mass is 445 g/mol. The van der Waals surface area contributed by atoms with Gasteiger partial charge in [-0.05, 0) is 18.9 Å². The Bertz CT molecular complexity index is 757. The van der Waals surface area contributed by atoms with Crippen LogP contribution < -0.4 is 4.90 Å². The fraction of sp³-hybridized carbons (Fsp3) is 0.700. The number of carbonyl (C=O) groups excluding carboxylic acids is 1. The molecular weight excluding hydrogens is 419 g/mol. The molecule has 3 fully saturated rings. The van der Waals surface area contributed by atoms with Crippen LogP contribution in [-0.4, -0.2) is 90.5 Å². The normalized spacial score (nSPS) is 22.3. The molecule has 3 heterocycles. The Balaban J connectivity index is 1.24. The minimum absolute atomic E-state index is 0.00122. The molecule has 1 aliphatic carbocycles. The standard InChI is InChI=1S/C20H27ClF3N5O/c21-17-12-15(20(22,23)24)13-25-19(17)29-6-4-26(5-7-29)14-18(30)28-10-8-27(9-11-28)16-2-1-3-16/h12-13,16H,1-11,14H2. The quantitative estimate of drug-likeness (QED) is 0.712. The Labute approximate surface area is 179 Å². The van der Waals surface area contributed by atoms with E-state index in [0.717, 1.165) is 44.5 Å². The summed E-state index contributed by atoms with van der Waals surface area (Å²) in [6, 6.07) is 1.64. The van der Waals surface area contributed by atoms with Crippen molar-refractivity contribution in [2.24, 2.45) is 0 Å². The van der Waals surface area contributed by atoms with E-state index in [2.05, 4.69) is 14.8 Å². The lowest BCUT2D eigenvalue weighted by Gasteiger charge is -2.43. The predicted octanol–water partition coefficient (Wildman–Crippen LogP) is 2.57. The number of hydrogen-bond donors (Lipinski definition) is 0. The lowest BCUT2D eigenvalue weighted by Crippen LogP contribution is -2.56. The SMILES string of the molecule is O=C(CN1CCN(c2ncc(C(F)(F)F)cc2Cl)CC1)N1CCN(C2CCC2)CC1. The Morgan fingerprint density at radius 3 is 2.27 bits per heavy atom. The van der Waals surface area contributed by atoms with E-state index in [9.17, 15) is 18.0 Å². The van der Waals surface area contributed by atoms with Crippen LogP contribution in [0.25, 0.3) is 0 Å². The van der Waals surface area contributed by atoms with Crippen LogP contribution >= 0.6 is 11.6 Å². The van der Waals surface area contributed by atoms with Gasteiger partial charge in [0.2, 0.25) is 5.91 Å². The topological polar surface area (TPSA) is 42.9 Å². The van der Waals surface area contributed by atoms with E-state index in [4.69, 9.17) is 11.6 Å². The summed E-state index contributed by atoms with van der Waals surface area (Å²) >= 11 is 6.06. The maximum absolute atomic E-state index is 12.8. The van der Waals surface area contributed by atoms with Crippen molar-refractivity contribution < 1.29 is 18.0 Å². The Kier molecular flexibility index (Phi) is 6.41. The van der Waals surface area contributed by atoms with E-state index in [0.29, 0.717) is 38.5 Å². The second-order valence-corrected chi connectivity index (χ2v) is 8.70. The summed E-state index contributed by atoms with van der Waals surface area (Å²) in [4.78, 5) is 25.0. The summed E-state index contributed by atoms with van der Waals surface area (Å²) in [5, 5.41) is -0.00122. The number of alkyl halides is 3. The van der Waals surface area contributed by atoms with Gasteiger partial charge < -0.3 is 9.80 Å². The zero-order valence-corrected chi connectivity index (χ0v) is 17.6. The highest BCUT2D eigenvalue weighted by Crippen LogP contribution is 2.33. The highest BCUT2D eigenvalue weighted by Gasteiger charge is 2.33. The summed E-state index contributed by atoms with van der Waals surface area (Å²) in [5.41, 5.74) is -0.849. The van der Waals surface area contributed by atoms with E-state index in [1.165, 1.54) is 19.3 Å². The van der Waals surface area contributed by atoms with Crippen molar-refractivity contribution in [1.29, 1.82) is 0 Å². The van der Waals surface area contributed by atoms with Crippen molar-refractivity contribution in [1.82, 2.24) is 19.7 Å². The van der Waals surface area contributed by atoms with Crippen LogP contribution in [0.4, 0.5) is 19.0 Å². The molecule has 6 nitrogen and oxygen atoms in total. The molecule has 0 unspecified atom stereocenters. The predicted molar refractivity (Wildman–Crippen MR) is 109 cm³/mol. The first kappa shape index (κ1) is 21.6. The van der Waals surface area contributed by atoms with Crippen LogP contribution in [-0.2, 0) is 11.0 Å². The summed E-state index contributed by atoms with van der Waals surface area (Å²) in [5.74, 6) is 0.519. The summed E-state index contributed by atoms with van der Waals surface area (Å²) in [6.45, 7) is 6.32. The number of halogens is 4. The van der Waals surface area contributed by atoms with Gasteiger partial charge in [-0.15, -0.1) is 0 Å². The molecule has 3 aliphatic rings. The Morgan fingerprint density at radius 2 is 1.73 bits per heavy atom. The largest absolute Gasteiger partial charge is 0.417 e. The zero-order valence-electron chi connectivity index (χ0n) is 16.9. The van der Waals surface area contributed by atoms with Gasteiger partial charge in [0.05, 0.1) is 17.1 Å². The minimum Gasteiger partial charge on any atom is -0.353 e. The zero-order chi connectivity index (χ0) is 21.3. The second-order valence-electron chi connectivity index (χ2n) is 8.29. The minimum atomic E-state index is -4.46. The third-order valence-electron chi connectivity index (χ3n) is 6.44. The molecule has 0 radical (unpaired) electrons. The average Bonchev–Trinajstić information content (AvgIpc) is 2.67. The molecule has 2 aliphatic heterocycles. The van der Waals surface area contributed by atoms with Gasteiger partial charge in [0.1, 0.15) is 5.82 Å². The molecule has 166 valence electrons. The van der Waals surface area contributed by atoms with Crippen LogP contribution in [0.5, 0.6) is 0 Å². The first-order chi connectivity index (χ1) is 14.3. The van der Waals surface area contributed by atoms with Gasteiger partial charge in [-0.3, -0.25) is 14.6 Å². The van der Waals surface area contributed by atoms with Gasteiger partial charge in [0.25, 0.3) is 0 Å². The number of rotatable bonds is 4. The molecular formula is C20H27ClF3N5O. The van der Waals surface area contributed by atoms with Crippen LogP contribution in [0.3, 0.4) is 0 Å². The molecule has 1 aromatic rings. The van der Waals surface area contributed by atoms with Crippen molar-refractivity contribution in [2.75, 3.05) is 63.8 Å². The van der Waals surface area contributed by atoms with Gasteiger partial charge in [-0.1, -0.05) is 18.0 Å². The van der Waals surface area contributed by atoms with Crippen molar-refractivity contribution in [3.05, 3.63) is 22.8 Å². The molecule has 30 heavy (non-hydrogen) atoms. The number of carbonyl (C=O) groups is 1. The summed E-state index contributed by atoms with van der Waals surface area (Å²) in [6.07, 6.45) is 0.257. The van der Waals surface area contributed by atoms with Gasteiger partial charge in [-0.2, -0.15) is 13.2 Å². The van der Waals surface area contributed by atoms with Gasteiger partial charge in [0.15, 0.2) is 0 Å². The van der Waals surface area contributed by atoms with Gasteiger partial charge in [0, 0.05) is 64.6 Å². The molecule has 0 N–H and O–H groups in total. The third kappa shape index (κ3) is 4.84. The van der Waals surface area contributed by atoms with Crippen LogP contribution in [0.15, 0.2) is 12.3 Å². The molecule has 0 aromatic carbocycles. The number of hydrogen-bond acceptors (Lipinski definition) is 5. The van der Waals surface area contributed by atoms with Crippen LogP contribution in [0.2, 0.25) is 5.02 Å². The number of anilines is 1. The van der Waals surface area contributed by atoms with Crippen molar-refractivity contribution in [3.63, 3.8) is 0 Å². The maximum atomic E-state index is 12.8. The van der Waals surface area contributed by atoms with Crippen molar-refractivity contribution in [2.45, 2.75) is 31.5 Å². The molecule has 10 heteroatoms. The second kappa shape index (κ2) is 8.88. The molecule has 4 rings (SSSR count). The lowest BCUT2D eigenvalue weighted by atomic mass is 9.91. The number of piperazine rings is 2. The average molecular weight is 446 g/mol. The Morgan fingerprint density at radius 1 is 1.07 bits per heavy atom. The van der Waals surface area contributed by atoms with Gasteiger partial charge >= 0.3 is 6.18 Å². The van der Waals surface area contributed by atoms with Crippen LogP contribution in [0.1, 0.15) is 24.8 Å². The Hall–Kier alpha value is -1.58. The first-order valence-corrected chi connectivity index (χ1v) is 10.9. The van der Waals surface area contributed by atoms with E-state index in [1.54, 1.807) is 0 Å². The van der Waals surface area contributed by atoms with E-state index < -0.39 is 11.7 Å².